The lowest BCUT2D eigenvalue weighted by Crippen LogP contribution is -2.07. The third-order valence-electron chi connectivity index (χ3n) is 1.79. The molecule has 0 aliphatic carbocycles. The van der Waals surface area contributed by atoms with E-state index in [9.17, 15) is 18.0 Å². The minimum absolute atomic E-state index is 0.0662. The Balaban J connectivity index is 2.99. The van der Waals surface area contributed by atoms with Crippen LogP contribution in [0, 0.1) is 0 Å². The SMILES string of the molecule is O=C(CCl)Cc1ccc(Cl)cc1SC(F)(F)F. The van der Waals surface area contributed by atoms with E-state index in [0.717, 1.165) is 0 Å². The van der Waals surface area contributed by atoms with Crippen molar-refractivity contribution < 1.29 is 18.0 Å². The van der Waals surface area contributed by atoms with E-state index in [1.807, 2.05) is 0 Å². The molecule has 0 aromatic heterocycles. The largest absolute Gasteiger partial charge is 0.446 e. The van der Waals surface area contributed by atoms with E-state index in [0.29, 0.717) is 0 Å². The molecule has 0 N–H and O–H groups in total. The molecule has 0 saturated heterocycles. The number of rotatable bonds is 4. The van der Waals surface area contributed by atoms with Crippen LogP contribution in [0.3, 0.4) is 0 Å². The van der Waals surface area contributed by atoms with Crippen LogP contribution < -0.4 is 0 Å². The number of hydrogen-bond donors (Lipinski definition) is 0. The van der Waals surface area contributed by atoms with Crippen LogP contribution in [0.5, 0.6) is 0 Å². The molecule has 1 rings (SSSR count). The van der Waals surface area contributed by atoms with E-state index < -0.39 is 5.51 Å². The fourth-order valence-corrected chi connectivity index (χ4v) is 2.19. The van der Waals surface area contributed by atoms with E-state index in [4.69, 9.17) is 23.2 Å². The summed E-state index contributed by atoms with van der Waals surface area (Å²) >= 11 is 10.7. The molecule has 94 valence electrons. The summed E-state index contributed by atoms with van der Waals surface area (Å²) in [5, 5.41) is 0.193. The summed E-state index contributed by atoms with van der Waals surface area (Å²) in [6.45, 7) is 0. The first-order valence-electron chi connectivity index (χ1n) is 4.43. The highest BCUT2D eigenvalue weighted by atomic mass is 35.5. The highest BCUT2D eigenvalue weighted by Gasteiger charge is 2.30. The van der Waals surface area contributed by atoms with Crippen molar-refractivity contribution >= 4 is 40.7 Å². The number of halogens is 5. The molecule has 1 aromatic rings. The van der Waals surface area contributed by atoms with Gasteiger partial charge in [-0.25, -0.2) is 0 Å². The zero-order valence-electron chi connectivity index (χ0n) is 8.35. The number of carbonyl (C=O) groups is 1. The summed E-state index contributed by atoms with van der Waals surface area (Å²) in [6.07, 6.45) is -0.126. The van der Waals surface area contributed by atoms with Gasteiger partial charge in [0.25, 0.3) is 0 Å². The number of ketones is 1. The maximum Gasteiger partial charge on any atom is 0.446 e. The maximum absolute atomic E-state index is 12.3. The Morgan fingerprint density at radius 2 is 2.00 bits per heavy atom. The molecular weight excluding hydrogens is 296 g/mol. The smallest absolute Gasteiger partial charge is 0.298 e. The molecule has 0 bridgehead atoms. The Bertz CT molecular complexity index is 421. The van der Waals surface area contributed by atoms with Crippen LogP contribution in [-0.4, -0.2) is 17.2 Å². The van der Waals surface area contributed by atoms with Gasteiger partial charge in [-0.2, -0.15) is 13.2 Å². The maximum atomic E-state index is 12.3. The molecule has 1 aromatic carbocycles. The molecule has 0 unspecified atom stereocenters. The number of hydrogen-bond acceptors (Lipinski definition) is 2. The van der Waals surface area contributed by atoms with Gasteiger partial charge in [-0.3, -0.25) is 4.79 Å². The minimum atomic E-state index is -4.41. The summed E-state index contributed by atoms with van der Waals surface area (Å²) in [5.41, 5.74) is -4.13. The fourth-order valence-electron chi connectivity index (χ4n) is 1.15. The van der Waals surface area contributed by atoms with Crippen LogP contribution in [0.4, 0.5) is 13.2 Å². The van der Waals surface area contributed by atoms with E-state index in [-0.39, 0.29) is 45.3 Å². The Kier molecular flexibility index (Phi) is 5.16. The van der Waals surface area contributed by atoms with Crippen LogP contribution in [0.25, 0.3) is 0 Å². The fraction of sp³-hybridized carbons (Fsp3) is 0.300. The molecule has 0 atom stereocenters. The van der Waals surface area contributed by atoms with Crippen LogP contribution in [0.2, 0.25) is 5.02 Å². The highest BCUT2D eigenvalue weighted by molar-refractivity contribution is 8.00. The second-order valence-electron chi connectivity index (χ2n) is 3.15. The first-order chi connectivity index (χ1) is 7.81. The summed E-state index contributed by atoms with van der Waals surface area (Å²) < 4.78 is 36.8. The predicted molar refractivity (Wildman–Crippen MR) is 62.8 cm³/mol. The van der Waals surface area contributed by atoms with Crippen LogP contribution in [0.1, 0.15) is 5.56 Å². The summed E-state index contributed by atoms with van der Waals surface area (Å²) in [5.74, 6) is -0.559. The summed E-state index contributed by atoms with van der Waals surface area (Å²) in [7, 11) is 0. The van der Waals surface area contributed by atoms with Gasteiger partial charge in [0.1, 0.15) is 0 Å². The molecule has 1 nitrogen and oxygen atoms in total. The van der Waals surface area contributed by atoms with Gasteiger partial charge in [0, 0.05) is 16.3 Å². The molecular formula is C10H7Cl2F3OS. The predicted octanol–water partition coefficient (Wildman–Crippen LogP) is 4.30. The Labute approximate surface area is 110 Å². The first-order valence-corrected chi connectivity index (χ1v) is 6.16. The van der Waals surface area contributed by atoms with Crippen molar-refractivity contribution in [1.29, 1.82) is 0 Å². The number of thioether (sulfide) groups is 1. The Morgan fingerprint density at radius 3 is 2.53 bits per heavy atom. The number of carbonyl (C=O) groups excluding carboxylic acids is 1. The van der Waals surface area contributed by atoms with Crippen molar-refractivity contribution in [3.8, 4) is 0 Å². The van der Waals surface area contributed by atoms with Crippen molar-refractivity contribution in [3.63, 3.8) is 0 Å². The zero-order chi connectivity index (χ0) is 13.1. The van der Waals surface area contributed by atoms with Crippen molar-refractivity contribution in [2.24, 2.45) is 0 Å². The van der Waals surface area contributed by atoms with Crippen molar-refractivity contribution in [3.05, 3.63) is 28.8 Å². The molecule has 7 heteroatoms. The second kappa shape index (κ2) is 5.98. The van der Waals surface area contributed by atoms with Gasteiger partial charge in [-0.1, -0.05) is 17.7 Å². The highest BCUT2D eigenvalue weighted by Crippen LogP contribution is 2.39. The standard InChI is InChI=1S/C10H7Cl2F3OS/c11-5-8(16)3-6-1-2-7(12)4-9(6)17-10(13,14)15/h1-2,4H,3,5H2. The zero-order valence-corrected chi connectivity index (χ0v) is 10.7. The average molecular weight is 303 g/mol. The van der Waals surface area contributed by atoms with E-state index in [2.05, 4.69) is 0 Å². The van der Waals surface area contributed by atoms with Gasteiger partial charge in [0.15, 0.2) is 5.78 Å². The second-order valence-corrected chi connectivity index (χ2v) is 4.96. The molecule has 17 heavy (non-hydrogen) atoms. The van der Waals surface area contributed by atoms with Crippen LogP contribution in [0.15, 0.2) is 23.1 Å². The molecule has 0 amide bonds. The van der Waals surface area contributed by atoms with Crippen molar-refractivity contribution in [1.82, 2.24) is 0 Å². The molecule has 0 heterocycles. The van der Waals surface area contributed by atoms with E-state index in [1.54, 1.807) is 0 Å². The van der Waals surface area contributed by atoms with Gasteiger partial charge in [-0.05, 0) is 29.5 Å². The normalized spacial score (nSPS) is 11.6. The van der Waals surface area contributed by atoms with Crippen molar-refractivity contribution in [2.75, 3.05) is 5.88 Å². The van der Waals surface area contributed by atoms with Gasteiger partial charge >= 0.3 is 5.51 Å². The Hall–Kier alpha value is -0.390. The van der Waals surface area contributed by atoms with Gasteiger partial charge in [0.2, 0.25) is 0 Å². The molecule has 0 aliphatic rings. The average Bonchev–Trinajstić information content (AvgIpc) is 2.19. The van der Waals surface area contributed by atoms with Gasteiger partial charge in [-0.15, -0.1) is 11.6 Å². The van der Waals surface area contributed by atoms with Gasteiger partial charge in [0.05, 0.1) is 5.88 Å². The third kappa shape index (κ3) is 5.19. The van der Waals surface area contributed by atoms with Gasteiger partial charge < -0.3 is 0 Å². The molecule has 0 saturated carbocycles. The molecule has 0 spiro atoms. The van der Waals surface area contributed by atoms with Crippen LogP contribution in [-0.2, 0) is 11.2 Å². The van der Waals surface area contributed by atoms with Crippen LogP contribution >= 0.6 is 35.0 Å². The van der Waals surface area contributed by atoms with E-state index >= 15 is 0 Å². The van der Waals surface area contributed by atoms with Crippen molar-refractivity contribution in [2.45, 2.75) is 16.8 Å². The number of benzene rings is 1. The van der Waals surface area contributed by atoms with E-state index in [1.165, 1.54) is 18.2 Å². The molecule has 0 aliphatic heterocycles. The molecule has 0 radical (unpaired) electrons. The lowest BCUT2D eigenvalue weighted by molar-refractivity contribution is -0.116. The minimum Gasteiger partial charge on any atom is -0.298 e. The lowest BCUT2D eigenvalue weighted by Gasteiger charge is -2.10. The quantitative estimate of drug-likeness (QED) is 0.609. The summed E-state index contributed by atoms with van der Waals surface area (Å²) in [6, 6.07) is 4.04. The summed E-state index contributed by atoms with van der Waals surface area (Å²) in [4.78, 5) is 11.1. The topological polar surface area (TPSA) is 17.1 Å². The first kappa shape index (κ1) is 14.7. The Morgan fingerprint density at radius 1 is 1.35 bits per heavy atom. The third-order valence-corrected chi connectivity index (χ3v) is 3.16. The monoisotopic (exact) mass is 302 g/mol. The lowest BCUT2D eigenvalue weighted by atomic mass is 10.1. The number of Topliss-reactive ketones (excluding diaryl/α,β-unsaturated/α-hetero) is 1. The molecule has 0 fully saturated rings. The number of alkyl halides is 4.